The van der Waals surface area contributed by atoms with Crippen LogP contribution >= 0.6 is 0 Å². The molecule has 0 aromatic rings. The van der Waals surface area contributed by atoms with Crippen molar-refractivity contribution in [1.82, 2.24) is 4.90 Å². The molecule has 2 atom stereocenters. The number of hydrogen-bond acceptors (Lipinski definition) is 3. The first-order chi connectivity index (χ1) is 7.33. The molecule has 0 radical (unpaired) electrons. The third-order valence-corrected chi connectivity index (χ3v) is 2.42. The molecule has 0 aromatic heterocycles. The second-order valence-corrected chi connectivity index (χ2v) is 5.13. The summed E-state index contributed by atoms with van der Waals surface area (Å²) in [6.07, 6.45) is -0.338. The van der Waals surface area contributed by atoms with Crippen molar-refractivity contribution in [2.45, 2.75) is 39.3 Å². The van der Waals surface area contributed by atoms with Crippen LogP contribution in [-0.2, 0) is 4.74 Å². The molecular weight excluding hydrogens is 208 g/mol. The molecule has 1 amide bonds. The van der Waals surface area contributed by atoms with Crippen molar-refractivity contribution in [1.29, 1.82) is 0 Å². The zero-order valence-corrected chi connectivity index (χ0v) is 10.2. The summed E-state index contributed by atoms with van der Waals surface area (Å²) in [4.78, 5) is 16.1. The Morgan fingerprint density at radius 1 is 1.50 bits per heavy atom. The van der Waals surface area contributed by atoms with Gasteiger partial charge in [0, 0.05) is 18.0 Å². The number of amides is 1. The fourth-order valence-corrected chi connectivity index (χ4v) is 1.64. The van der Waals surface area contributed by atoms with Crippen LogP contribution in [0.15, 0.2) is 5.11 Å². The highest BCUT2D eigenvalue weighted by molar-refractivity contribution is 5.68. The van der Waals surface area contributed by atoms with Gasteiger partial charge in [0.15, 0.2) is 0 Å². The van der Waals surface area contributed by atoms with E-state index < -0.39 is 5.60 Å². The quantitative estimate of drug-likeness (QED) is 0.391. The Bertz CT molecular complexity index is 317. The lowest BCUT2D eigenvalue weighted by atomic mass is 10.1. The van der Waals surface area contributed by atoms with Gasteiger partial charge in [-0.2, -0.15) is 0 Å². The minimum Gasteiger partial charge on any atom is -0.444 e. The highest BCUT2D eigenvalue weighted by Gasteiger charge is 2.33. The fourth-order valence-electron chi connectivity index (χ4n) is 1.64. The average Bonchev–Trinajstić information content (AvgIpc) is 2.46. The Labute approximate surface area is 95.2 Å². The average molecular weight is 226 g/mol. The second-order valence-electron chi connectivity index (χ2n) is 5.13. The third kappa shape index (κ3) is 3.31. The number of likely N-dealkylation sites (tertiary alicyclic amines) is 1. The van der Waals surface area contributed by atoms with E-state index >= 15 is 0 Å². The van der Waals surface area contributed by atoms with Crippen LogP contribution in [0.2, 0.25) is 0 Å². The SMILES string of the molecule is C[C@@H]1CN(C(=O)OC(C)(C)C)C[C@@H]1N=[N+]=[N-]. The molecule has 1 fully saturated rings. The number of carbonyl (C=O) groups excluding carboxylic acids is 1. The lowest BCUT2D eigenvalue weighted by Gasteiger charge is -2.24. The molecule has 90 valence electrons. The third-order valence-electron chi connectivity index (χ3n) is 2.42. The zero-order chi connectivity index (χ0) is 12.3. The molecule has 0 aromatic carbocycles. The van der Waals surface area contributed by atoms with Gasteiger partial charge < -0.3 is 9.64 Å². The van der Waals surface area contributed by atoms with E-state index in [9.17, 15) is 4.79 Å². The summed E-state index contributed by atoms with van der Waals surface area (Å²) in [6, 6.07) is -0.141. The van der Waals surface area contributed by atoms with Crippen LogP contribution in [-0.4, -0.2) is 35.7 Å². The largest absolute Gasteiger partial charge is 0.444 e. The molecule has 1 saturated heterocycles. The van der Waals surface area contributed by atoms with Crippen LogP contribution in [0.25, 0.3) is 10.4 Å². The molecule has 16 heavy (non-hydrogen) atoms. The van der Waals surface area contributed by atoms with Crippen molar-refractivity contribution in [3.05, 3.63) is 10.4 Å². The molecule has 1 rings (SSSR count). The summed E-state index contributed by atoms with van der Waals surface area (Å²) in [5.41, 5.74) is 7.89. The molecule has 0 aliphatic carbocycles. The standard InChI is InChI=1S/C10H18N4O2/c1-7-5-14(6-8(7)12-13-11)9(15)16-10(2,3)4/h7-8H,5-6H2,1-4H3/t7-,8+/m1/s1. The van der Waals surface area contributed by atoms with Crippen LogP contribution in [0.4, 0.5) is 4.79 Å². The van der Waals surface area contributed by atoms with E-state index in [0.29, 0.717) is 13.1 Å². The first kappa shape index (κ1) is 12.6. The molecule has 1 aliphatic heterocycles. The summed E-state index contributed by atoms with van der Waals surface area (Å²) in [5.74, 6) is 0.184. The van der Waals surface area contributed by atoms with E-state index in [1.165, 1.54) is 0 Å². The molecule has 0 saturated carbocycles. The lowest BCUT2D eigenvalue weighted by molar-refractivity contribution is 0.0288. The molecule has 0 unspecified atom stereocenters. The number of carbonyl (C=O) groups is 1. The molecule has 0 bridgehead atoms. The maximum absolute atomic E-state index is 11.7. The maximum atomic E-state index is 11.7. The molecular formula is C10H18N4O2. The van der Waals surface area contributed by atoms with Gasteiger partial charge in [0.25, 0.3) is 0 Å². The topological polar surface area (TPSA) is 78.3 Å². The normalized spacial score (nSPS) is 25.1. The van der Waals surface area contributed by atoms with Crippen molar-refractivity contribution in [2.24, 2.45) is 11.0 Å². The molecule has 0 spiro atoms. The number of hydrogen-bond donors (Lipinski definition) is 0. The second kappa shape index (κ2) is 4.61. The predicted octanol–water partition coefficient (Wildman–Crippen LogP) is 2.55. The minimum atomic E-state index is -0.489. The molecule has 1 heterocycles. The van der Waals surface area contributed by atoms with Gasteiger partial charge in [-0.05, 0) is 32.2 Å². The van der Waals surface area contributed by atoms with Crippen LogP contribution < -0.4 is 0 Å². The Morgan fingerprint density at radius 2 is 2.12 bits per heavy atom. The zero-order valence-electron chi connectivity index (χ0n) is 10.2. The maximum Gasteiger partial charge on any atom is 0.410 e. The molecule has 0 N–H and O–H groups in total. The van der Waals surface area contributed by atoms with Gasteiger partial charge >= 0.3 is 6.09 Å². The van der Waals surface area contributed by atoms with Crippen LogP contribution in [0.3, 0.4) is 0 Å². The van der Waals surface area contributed by atoms with Gasteiger partial charge in [0.1, 0.15) is 5.60 Å². The van der Waals surface area contributed by atoms with Gasteiger partial charge in [-0.25, -0.2) is 4.79 Å². The van der Waals surface area contributed by atoms with Crippen molar-refractivity contribution in [3.63, 3.8) is 0 Å². The number of azide groups is 1. The van der Waals surface area contributed by atoms with E-state index in [2.05, 4.69) is 10.0 Å². The summed E-state index contributed by atoms with van der Waals surface area (Å²) in [6.45, 7) is 8.47. The molecule has 6 nitrogen and oxygen atoms in total. The minimum absolute atomic E-state index is 0.141. The van der Waals surface area contributed by atoms with Gasteiger partial charge in [0.05, 0.1) is 6.04 Å². The van der Waals surface area contributed by atoms with Gasteiger partial charge in [0.2, 0.25) is 0 Å². The summed E-state index contributed by atoms with van der Waals surface area (Å²) in [5, 5.41) is 3.66. The fraction of sp³-hybridized carbons (Fsp3) is 0.900. The molecule has 6 heteroatoms. The summed E-state index contributed by atoms with van der Waals surface area (Å²) < 4.78 is 5.25. The van der Waals surface area contributed by atoms with Gasteiger partial charge in [-0.3, -0.25) is 0 Å². The highest BCUT2D eigenvalue weighted by Crippen LogP contribution is 2.21. The van der Waals surface area contributed by atoms with E-state index in [4.69, 9.17) is 10.3 Å². The Hall–Kier alpha value is -1.42. The van der Waals surface area contributed by atoms with E-state index in [1.807, 2.05) is 27.7 Å². The van der Waals surface area contributed by atoms with E-state index in [1.54, 1.807) is 4.90 Å². The van der Waals surface area contributed by atoms with Crippen molar-refractivity contribution < 1.29 is 9.53 Å². The first-order valence-corrected chi connectivity index (χ1v) is 5.35. The van der Waals surface area contributed by atoms with Crippen LogP contribution in [0, 0.1) is 5.92 Å². The van der Waals surface area contributed by atoms with Gasteiger partial charge in [-0.15, -0.1) is 0 Å². The highest BCUT2D eigenvalue weighted by atomic mass is 16.6. The Balaban J connectivity index is 2.58. The summed E-state index contributed by atoms with van der Waals surface area (Å²) in [7, 11) is 0. The first-order valence-electron chi connectivity index (χ1n) is 5.35. The lowest BCUT2D eigenvalue weighted by Crippen LogP contribution is -2.35. The number of ether oxygens (including phenoxy) is 1. The van der Waals surface area contributed by atoms with E-state index in [0.717, 1.165) is 0 Å². The number of nitrogens with zero attached hydrogens (tertiary/aromatic N) is 4. The van der Waals surface area contributed by atoms with E-state index in [-0.39, 0.29) is 18.1 Å². The van der Waals surface area contributed by atoms with Crippen molar-refractivity contribution >= 4 is 6.09 Å². The van der Waals surface area contributed by atoms with Crippen molar-refractivity contribution in [2.75, 3.05) is 13.1 Å². The summed E-state index contributed by atoms with van der Waals surface area (Å²) >= 11 is 0. The molecule has 1 aliphatic rings. The van der Waals surface area contributed by atoms with Gasteiger partial charge in [-0.1, -0.05) is 12.0 Å². The Kier molecular flexibility index (Phi) is 3.65. The van der Waals surface area contributed by atoms with Crippen molar-refractivity contribution in [3.8, 4) is 0 Å². The van der Waals surface area contributed by atoms with Crippen LogP contribution in [0.1, 0.15) is 27.7 Å². The smallest absolute Gasteiger partial charge is 0.410 e. The monoisotopic (exact) mass is 226 g/mol. The Morgan fingerprint density at radius 3 is 2.62 bits per heavy atom. The predicted molar refractivity (Wildman–Crippen MR) is 59.9 cm³/mol. The number of rotatable bonds is 1. The van der Waals surface area contributed by atoms with Crippen LogP contribution in [0.5, 0.6) is 0 Å².